The Morgan fingerprint density at radius 1 is 0.939 bits per heavy atom. The molecule has 1 N–H and O–H groups in total. The lowest BCUT2D eigenvalue weighted by Crippen LogP contribution is -2.58. The lowest BCUT2D eigenvalue weighted by Gasteiger charge is -2.44. The fourth-order valence-corrected chi connectivity index (χ4v) is 6.07. The van der Waals surface area contributed by atoms with E-state index in [0.29, 0.717) is 30.0 Å². The van der Waals surface area contributed by atoms with Crippen molar-refractivity contribution in [2.24, 2.45) is 7.05 Å². The van der Waals surface area contributed by atoms with Crippen molar-refractivity contribution in [3.8, 4) is 11.1 Å². The minimum absolute atomic E-state index is 0.120. The van der Waals surface area contributed by atoms with Crippen molar-refractivity contribution >= 4 is 17.6 Å². The standard InChI is InChI=1S/C36H39F5N6O2/c1-4-45(5-2)19-20-46-32(18-15-27-7-6-8-30(37)33(27)38)47(34-29(35(46)49)22-44(3)43-34)23-31(48)42-21-24-9-11-25(12-10-24)26-13-16-28(17-14-26)36(39,40)41/h6-14,16-17,22,32H,4-5,15,18-21,23H2,1-3H3,(H,42,48). The molecule has 5 rings (SSSR count). The van der Waals surface area contributed by atoms with Crippen molar-refractivity contribution in [2.45, 2.75) is 45.6 Å². The van der Waals surface area contributed by atoms with Crippen molar-refractivity contribution < 1.29 is 31.5 Å². The number of carbonyl (C=O) groups excluding carboxylic acids is 2. The number of halogens is 5. The molecule has 13 heteroatoms. The first-order valence-corrected chi connectivity index (χ1v) is 16.2. The monoisotopic (exact) mass is 682 g/mol. The van der Waals surface area contributed by atoms with Crippen LogP contribution in [0.2, 0.25) is 0 Å². The number of nitrogens with zero attached hydrogens (tertiary/aromatic N) is 5. The Balaban J connectivity index is 1.33. The van der Waals surface area contributed by atoms with Crippen LogP contribution in [0.15, 0.2) is 72.9 Å². The van der Waals surface area contributed by atoms with Gasteiger partial charge in [-0.2, -0.15) is 18.3 Å². The van der Waals surface area contributed by atoms with E-state index in [1.165, 1.54) is 28.9 Å². The number of aryl methyl sites for hydroxylation is 2. The molecule has 1 aliphatic heterocycles. The first kappa shape index (κ1) is 35.5. The summed E-state index contributed by atoms with van der Waals surface area (Å²) in [7, 11) is 1.69. The van der Waals surface area contributed by atoms with Gasteiger partial charge in [-0.3, -0.25) is 14.3 Å². The summed E-state index contributed by atoms with van der Waals surface area (Å²) in [5, 5.41) is 7.43. The van der Waals surface area contributed by atoms with Crippen LogP contribution >= 0.6 is 0 Å². The Morgan fingerprint density at radius 2 is 1.59 bits per heavy atom. The highest BCUT2D eigenvalue weighted by molar-refractivity contribution is 6.01. The van der Waals surface area contributed by atoms with E-state index in [0.717, 1.165) is 42.4 Å². The van der Waals surface area contributed by atoms with E-state index in [4.69, 9.17) is 0 Å². The highest BCUT2D eigenvalue weighted by atomic mass is 19.4. The van der Waals surface area contributed by atoms with E-state index in [9.17, 15) is 31.5 Å². The molecule has 0 bridgehead atoms. The van der Waals surface area contributed by atoms with Crippen LogP contribution in [0.25, 0.3) is 11.1 Å². The van der Waals surface area contributed by atoms with Crippen LogP contribution in [0.4, 0.5) is 27.8 Å². The number of alkyl halides is 3. The lowest BCUT2D eigenvalue weighted by molar-refractivity contribution is -0.137. The van der Waals surface area contributed by atoms with Crippen LogP contribution in [0, 0.1) is 11.6 Å². The Hall–Kier alpha value is -4.78. The van der Waals surface area contributed by atoms with Crippen LogP contribution in [-0.4, -0.2) is 70.3 Å². The molecule has 1 unspecified atom stereocenters. The normalized spacial score (nSPS) is 14.8. The fraction of sp³-hybridized carbons (Fsp3) is 0.361. The number of hydrogen-bond acceptors (Lipinski definition) is 5. The third kappa shape index (κ3) is 8.27. The quantitative estimate of drug-likeness (QED) is 0.169. The molecule has 2 heterocycles. The number of likely N-dealkylation sites (N-methyl/N-ethyl adjacent to an activating group) is 1. The summed E-state index contributed by atoms with van der Waals surface area (Å²) in [4.78, 5) is 32.9. The molecule has 49 heavy (non-hydrogen) atoms. The zero-order valence-electron chi connectivity index (χ0n) is 27.6. The van der Waals surface area contributed by atoms with Crippen LogP contribution in [0.1, 0.15) is 47.3 Å². The predicted octanol–water partition coefficient (Wildman–Crippen LogP) is 6.26. The molecule has 8 nitrogen and oxygen atoms in total. The summed E-state index contributed by atoms with van der Waals surface area (Å²) in [5.41, 5.74) is 1.93. The maximum atomic E-state index is 14.7. The van der Waals surface area contributed by atoms with Gasteiger partial charge in [-0.05, 0) is 66.4 Å². The minimum atomic E-state index is -4.41. The maximum Gasteiger partial charge on any atom is 0.416 e. The highest BCUT2D eigenvalue weighted by Gasteiger charge is 2.40. The molecular weight excluding hydrogens is 643 g/mol. The van der Waals surface area contributed by atoms with Crippen molar-refractivity contribution in [1.29, 1.82) is 0 Å². The van der Waals surface area contributed by atoms with E-state index in [2.05, 4.69) is 15.3 Å². The van der Waals surface area contributed by atoms with E-state index >= 15 is 0 Å². The molecular formula is C36H39F5N6O2. The largest absolute Gasteiger partial charge is 0.416 e. The molecule has 1 atom stereocenters. The van der Waals surface area contributed by atoms with Gasteiger partial charge >= 0.3 is 6.18 Å². The second-order valence-corrected chi connectivity index (χ2v) is 12.0. The number of carbonyl (C=O) groups is 2. The first-order chi connectivity index (χ1) is 23.4. The summed E-state index contributed by atoms with van der Waals surface area (Å²) in [6.07, 6.45) is -3.12. The van der Waals surface area contributed by atoms with E-state index in [-0.39, 0.29) is 43.3 Å². The summed E-state index contributed by atoms with van der Waals surface area (Å²) in [6, 6.07) is 16.0. The zero-order chi connectivity index (χ0) is 35.3. The molecule has 3 aromatic carbocycles. The number of fused-ring (bicyclic) bond motifs is 1. The third-order valence-electron chi connectivity index (χ3n) is 8.85. The molecule has 2 amide bonds. The summed E-state index contributed by atoms with van der Waals surface area (Å²) in [6.45, 7) is 6.60. The second kappa shape index (κ2) is 15.2. The van der Waals surface area contributed by atoms with Crippen LogP contribution < -0.4 is 10.2 Å². The molecule has 0 fully saturated rings. The highest BCUT2D eigenvalue weighted by Crippen LogP contribution is 2.33. The molecule has 1 aliphatic rings. The van der Waals surface area contributed by atoms with E-state index in [1.807, 2.05) is 13.8 Å². The first-order valence-electron chi connectivity index (χ1n) is 16.2. The van der Waals surface area contributed by atoms with Crippen LogP contribution in [0.3, 0.4) is 0 Å². The van der Waals surface area contributed by atoms with E-state index in [1.54, 1.807) is 47.3 Å². The molecule has 260 valence electrons. The number of benzene rings is 3. The van der Waals surface area contributed by atoms with Gasteiger partial charge in [0.1, 0.15) is 18.3 Å². The van der Waals surface area contributed by atoms with Crippen LogP contribution in [-0.2, 0) is 31.0 Å². The fourth-order valence-electron chi connectivity index (χ4n) is 6.07. The van der Waals surface area contributed by atoms with Gasteiger partial charge in [0, 0.05) is 32.9 Å². The van der Waals surface area contributed by atoms with Crippen molar-refractivity contribution in [3.05, 3.63) is 107 Å². The van der Waals surface area contributed by atoms with Gasteiger partial charge in [-0.15, -0.1) is 0 Å². The number of hydrogen-bond donors (Lipinski definition) is 1. The number of rotatable bonds is 13. The Labute approximate surface area is 282 Å². The van der Waals surface area contributed by atoms with Crippen molar-refractivity contribution in [3.63, 3.8) is 0 Å². The average Bonchev–Trinajstić information content (AvgIpc) is 3.49. The molecule has 0 aliphatic carbocycles. The molecule has 0 saturated heterocycles. The van der Waals surface area contributed by atoms with Crippen molar-refractivity contribution in [2.75, 3.05) is 37.6 Å². The summed E-state index contributed by atoms with van der Waals surface area (Å²) in [5.74, 6) is -2.14. The van der Waals surface area contributed by atoms with Crippen molar-refractivity contribution in [1.82, 2.24) is 24.9 Å². The van der Waals surface area contributed by atoms with Crippen LogP contribution in [0.5, 0.6) is 0 Å². The molecule has 4 aromatic rings. The Morgan fingerprint density at radius 3 is 2.22 bits per heavy atom. The van der Waals surface area contributed by atoms with Gasteiger partial charge in [-0.1, -0.05) is 62.4 Å². The number of nitrogens with one attached hydrogen (secondary N) is 1. The second-order valence-electron chi connectivity index (χ2n) is 12.0. The third-order valence-corrected chi connectivity index (χ3v) is 8.85. The molecule has 0 radical (unpaired) electrons. The van der Waals surface area contributed by atoms with Gasteiger partial charge in [0.15, 0.2) is 17.5 Å². The predicted molar refractivity (Wildman–Crippen MR) is 177 cm³/mol. The molecule has 0 spiro atoms. The maximum absolute atomic E-state index is 14.7. The van der Waals surface area contributed by atoms with E-state index < -0.39 is 29.5 Å². The minimum Gasteiger partial charge on any atom is -0.350 e. The number of aromatic nitrogens is 2. The number of amides is 2. The molecule has 0 saturated carbocycles. The van der Waals surface area contributed by atoms with Gasteiger partial charge < -0.3 is 20.0 Å². The Kier molecular flexibility index (Phi) is 11.0. The SMILES string of the molecule is CCN(CC)CCN1C(=O)c2cn(C)nc2N(CC(=O)NCc2ccc(-c3ccc(C(F)(F)F)cc3)cc2)C1CCc1cccc(F)c1F. The summed E-state index contributed by atoms with van der Waals surface area (Å²) >= 11 is 0. The van der Waals surface area contributed by atoms with Gasteiger partial charge in [0.25, 0.3) is 5.91 Å². The smallest absolute Gasteiger partial charge is 0.350 e. The average molecular weight is 683 g/mol. The molecule has 1 aromatic heterocycles. The van der Waals surface area contributed by atoms with Gasteiger partial charge in [-0.25, -0.2) is 8.78 Å². The van der Waals surface area contributed by atoms with Gasteiger partial charge in [0.05, 0.1) is 5.56 Å². The summed E-state index contributed by atoms with van der Waals surface area (Å²) < 4.78 is 69.1. The lowest BCUT2D eigenvalue weighted by atomic mass is 10.0. The topological polar surface area (TPSA) is 73.7 Å². The number of anilines is 1. The van der Waals surface area contributed by atoms with Gasteiger partial charge in [0.2, 0.25) is 5.91 Å². The zero-order valence-corrected chi connectivity index (χ0v) is 27.6. The Bertz CT molecular complexity index is 1750.